The van der Waals surface area contributed by atoms with Crippen LogP contribution in [0.2, 0.25) is 0 Å². The molecule has 0 saturated carbocycles. The van der Waals surface area contributed by atoms with Gasteiger partial charge in [0.15, 0.2) is 9.84 Å². The number of thiophene rings is 1. The lowest BCUT2D eigenvalue weighted by Gasteiger charge is -2.07. The van der Waals surface area contributed by atoms with Gasteiger partial charge in [0.2, 0.25) is 5.82 Å². The van der Waals surface area contributed by atoms with E-state index in [1.165, 1.54) is 23.5 Å². The summed E-state index contributed by atoms with van der Waals surface area (Å²) >= 11 is 1.23. The fourth-order valence-electron chi connectivity index (χ4n) is 3.60. The number of rotatable bonds is 10. The van der Waals surface area contributed by atoms with E-state index < -0.39 is 21.3 Å². The molecule has 0 saturated heterocycles. The number of carbonyl (C=O) groups excluding carboxylic acids is 2. The number of nitrogens with one attached hydrogen (secondary N) is 2. The van der Waals surface area contributed by atoms with Gasteiger partial charge in [-0.1, -0.05) is 24.3 Å². The van der Waals surface area contributed by atoms with Crippen LogP contribution in [-0.4, -0.2) is 43.1 Å². The first-order chi connectivity index (χ1) is 18.2. The van der Waals surface area contributed by atoms with Crippen LogP contribution in [-0.2, 0) is 39.1 Å². The van der Waals surface area contributed by atoms with E-state index in [0.29, 0.717) is 33.5 Å². The number of ether oxygens (including phenoxy) is 2. The van der Waals surface area contributed by atoms with Gasteiger partial charge in [0, 0.05) is 18.4 Å². The molecule has 0 unspecified atom stereocenters. The monoisotopic (exact) mass is 555 g/mol. The number of aromatic nitrogens is 2. The van der Waals surface area contributed by atoms with E-state index in [-0.39, 0.29) is 36.4 Å². The standard InChI is InChI=1S/C26H25N3O7S2/c1-3-36-26(32)18-9-7-16(8-10-18)13-35-14-19-15-37-25-21(19)23(30)28-22(29-25)24(31)27-12-17-5-4-6-20(11-17)38(2,33)34/h4-11,15H,3,12-14H2,1-2H3,(H,27,31)(H,28,29,30). The average molecular weight is 556 g/mol. The molecular formula is C26H25N3O7S2. The summed E-state index contributed by atoms with van der Waals surface area (Å²) in [5, 5.41) is 4.76. The van der Waals surface area contributed by atoms with Gasteiger partial charge in [-0.15, -0.1) is 11.3 Å². The number of sulfone groups is 1. The number of aromatic amines is 1. The van der Waals surface area contributed by atoms with Crippen LogP contribution < -0.4 is 10.9 Å². The van der Waals surface area contributed by atoms with Gasteiger partial charge in [-0.2, -0.15) is 0 Å². The number of hydrogen-bond donors (Lipinski definition) is 2. The lowest BCUT2D eigenvalue weighted by Crippen LogP contribution is -2.27. The summed E-state index contributed by atoms with van der Waals surface area (Å²) in [5.74, 6) is -1.12. The van der Waals surface area contributed by atoms with Crippen molar-refractivity contribution >= 4 is 43.3 Å². The van der Waals surface area contributed by atoms with Gasteiger partial charge in [-0.25, -0.2) is 18.2 Å². The van der Waals surface area contributed by atoms with Crippen molar-refractivity contribution in [2.45, 2.75) is 31.6 Å². The summed E-state index contributed by atoms with van der Waals surface area (Å²) in [6.07, 6.45) is 1.11. The number of esters is 1. The van der Waals surface area contributed by atoms with Crippen molar-refractivity contribution in [2.24, 2.45) is 0 Å². The van der Waals surface area contributed by atoms with E-state index >= 15 is 0 Å². The predicted octanol–water partition coefficient (Wildman–Crippen LogP) is 3.21. The van der Waals surface area contributed by atoms with E-state index in [2.05, 4.69) is 15.3 Å². The zero-order valence-corrected chi connectivity index (χ0v) is 22.3. The third kappa shape index (κ3) is 6.52. The first kappa shape index (κ1) is 27.2. The van der Waals surface area contributed by atoms with E-state index in [1.807, 2.05) is 0 Å². The molecule has 38 heavy (non-hydrogen) atoms. The topological polar surface area (TPSA) is 145 Å². The van der Waals surface area contributed by atoms with Crippen LogP contribution in [0.25, 0.3) is 10.2 Å². The van der Waals surface area contributed by atoms with Crippen molar-refractivity contribution in [3.8, 4) is 0 Å². The van der Waals surface area contributed by atoms with Crippen molar-refractivity contribution in [1.29, 1.82) is 0 Å². The van der Waals surface area contributed by atoms with Crippen molar-refractivity contribution in [2.75, 3.05) is 12.9 Å². The Morgan fingerprint density at radius 3 is 2.55 bits per heavy atom. The van der Waals surface area contributed by atoms with Gasteiger partial charge in [-0.05, 0) is 47.7 Å². The third-order valence-corrected chi connectivity index (χ3v) is 7.54. The maximum Gasteiger partial charge on any atom is 0.338 e. The Kier molecular flexibility index (Phi) is 8.35. The molecule has 0 atom stereocenters. The van der Waals surface area contributed by atoms with Crippen molar-refractivity contribution < 1.29 is 27.5 Å². The zero-order valence-electron chi connectivity index (χ0n) is 20.6. The number of benzene rings is 2. The number of amides is 1. The first-order valence-electron chi connectivity index (χ1n) is 11.6. The smallest absolute Gasteiger partial charge is 0.338 e. The van der Waals surface area contributed by atoms with Crippen molar-refractivity contribution in [3.05, 3.63) is 92.3 Å². The van der Waals surface area contributed by atoms with Gasteiger partial charge in [-0.3, -0.25) is 9.59 Å². The third-order valence-electron chi connectivity index (χ3n) is 5.51. The quantitative estimate of drug-likeness (QED) is 0.284. The Balaban J connectivity index is 1.39. The molecule has 0 aliphatic rings. The molecule has 0 spiro atoms. The zero-order chi connectivity index (χ0) is 27.3. The van der Waals surface area contributed by atoms with Gasteiger partial charge >= 0.3 is 5.97 Å². The van der Waals surface area contributed by atoms with E-state index in [1.54, 1.807) is 48.7 Å². The maximum atomic E-state index is 12.8. The molecule has 12 heteroatoms. The Morgan fingerprint density at radius 2 is 1.84 bits per heavy atom. The first-order valence-corrected chi connectivity index (χ1v) is 14.3. The second-order valence-electron chi connectivity index (χ2n) is 8.37. The summed E-state index contributed by atoms with van der Waals surface area (Å²) in [4.78, 5) is 44.5. The van der Waals surface area contributed by atoms with Gasteiger partial charge in [0.1, 0.15) is 4.83 Å². The van der Waals surface area contributed by atoms with Crippen LogP contribution in [0, 0.1) is 0 Å². The molecule has 2 heterocycles. The highest BCUT2D eigenvalue weighted by atomic mass is 32.2. The van der Waals surface area contributed by atoms with Gasteiger partial charge in [0.25, 0.3) is 11.5 Å². The van der Waals surface area contributed by atoms with Crippen LogP contribution in [0.4, 0.5) is 0 Å². The second kappa shape index (κ2) is 11.7. The predicted molar refractivity (Wildman–Crippen MR) is 142 cm³/mol. The lowest BCUT2D eigenvalue weighted by atomic mass is 10.1. The lowest BCUT2D eigenvalue weighted by molar-refractivity contribution is 0.0526. The fraction of sp³-hybridized carbons (Fsp3) is 0.231. The normalized spacial score (nSPS) is 11.4. The number of hydrogen-bond acceptors (Lipinski definition) is 9. The molecule has 2 N–H and O–H groups in total. The number of fused-ring (bicyclic) bond motifs is 1. The Bertz CT molecular complexity index is 1640. The molecule has 0 bridgehead atoms. The molecular weight excluding hydrogens is 530 g/mol. The number of carbonyl (C=O) groups is 2. The summed E-state index contributed by atoms with van der Waals surface area (Å²) in [7, 11) is -3.37. The van der Waals surface area contributed by atoms with Crippen molar-refractivity contribution in [3.63, 3.8) is 0 Å². The molecule has 2 aromatic carbocycles. The number of H-pyrrole nitrogens is 1. The molecule has 1 amide bonds. The highest BCUT2D eigenvalue weighted by molar-refractivity contribution is 7.90. The van der Waals surface area contributed by atoms with Crippen LogP contribution in [0.15, 0.2) is 63.6 Å². The summed E-state index contributed by atoms with van der Waals surface area (Å²) in [6.45, 7) is 2.55. The highest BCUT2D eigenvalue weighted by Crippen LogP contribution is 2.22. The van der Waals surface area contributed by atoms with Gasteiger partial charge in [0.05, 0.1) is 35.7 Å². The molecule has 0 radical (unpaired) electrons. The fourth-order valence-corrected chi connectivity index (χ4v) is 5.22. The van der Waals surface area contributed by atoms with Gasteiger partial charge < -0.3 is 19.8 Å². The maximum absolute atomic E-state index is 12.8. The van der Waals surface area contributed by atoms with Crippen LogP contribution >= 0.6 is 11.3 Å². The minimum absolute atomic E-state index is 0.0637. The summed E-state index contributed by atoms with van der Waals surface area (Å²) in [6, 6.07) is 13.1. The molecule has 198 valence electrons. The molecule has 2 aromatic heterocycles. The number of nitrogens with zero attached hydrogens (tertiary/aromatic N) is 1. The molecule has 4 aromatic rings. The molecule has 4 rings (SSSR count). The molecule has 0 aliphatic carbocycles. The Hall–Kier alpha value is -3.87. The highest BCUT2D eigenvalue weighted by Gasteiger charge is 2.16. The summed E-state index contributed by atoms with van der Waals surface area (Å²) in [5.41, 5.74) is 2.09. The molecule has 0 aliphatic heterocycles. The molecule has 0 fully saturated rings. The second-order valence-corrected chi connectivity index (χ2v) is 11.2. The van der Waals surface area contributed by atoms with Crippen LogP contribution in [0.1, 0.15) is 44.6 Å². The van der Waals surface area contributed by atoms with E-state index in [9.17, 15) is 22.8 Å². The summed E-state index contributed by atoms with van der Waals surface area (Å²) < 4.78 is 34.2. The van der Waals surface area contributed by atoms with Crippen LogP contribution in [0.3, 0.4) is 0 Å². The van der Waals surface area contributed by atoms with E-state index in [0.717, 1.165) is 11.8 Å². The largest absolute Gasteiger partial charge is 0.462 e. The minimum Gasteiger partial charge on any atom is -0.462 e. The Morgan fingerprint density at radius 1 is 1.08 bits per heavy atom. The minimum atomic E-state index is -3.37. The van der Waals surface area contributed by atoms with Crippen molar-refractivity contribution in [1.82, 2.24) is 15.3 Å². The van der Waals surface area contributed by atoms with Crippen LogP contribution in [0.5, 0.6) is 0 Å². The van der Waals surface area contributed by atoms with E-state index in [4.69, 9.17) is 9.47 Å². The molecule has 10 nitrogen and oxygen atoms in total. The Labute approximate surface area is 222 Å². The SMILES string of the molecule is CCOC(=O)c1ccc(COCc2csc3nc(C(=O)NCc4cccc(S(C)(=O)=O)c4)[nH]c(=O)c23)cc1. The average Bonchev–Trinajstić information content (AvgIpc) is 3.31.